The van der Waals surface area contributed by atoms with Crippen molar-refractivity contribution in [3.63, 3.8) is 0 Å². The molecule has 0 saturated heterocycles. The number of aliphatic hydroxyl groups excluding tert-OH is 1. The zero-order valence-electron chi connectivity index (χ0n) is 7.50. The Bertz CT molecular complexity index is 345. The maximum atomic E-state index is 12.8. The highest BCUT2D eigenvalue weighted by molar-refractivity contribution is 6.31. The van der Waals surface area contributed by atoms with Crippen LogP contribution >= 0.6 is 11.6 Å². The normalized spacial score (nSPS) is 25.6. The minimum absolute atomic E-state index is 0.0801. The van der Waals surface area contributed by atoms with Crippen LogP contribution < -0.4 is 5.32 Å². The number of hydrogen-bond acceptors (Lipinski definition) is 2. The van der Waals surface area contributed by atoms with Crippen molar-refractivity contribution in [1.29, 1.82) is 0 Å². The Morgan fingerprint density at radius 1 is 1.43 bits per heavy atom. The second kappa shape index (κ2) is 3.75. The van der Waals surface area contributed by atoms with E-state index in [0.717, 1.165) is 18.5 Å². The van der Waals surface area contributed by atoms with Gasteiger partial charge in [0.15, 0.2) is 0 Å². The third-order valence-corrected chi connectivity index (χ3v) is 2.80. The van der Waals surface area contributed by atoms with Gasteiger partial charge in [0.05, 0.1) is 17.2 Å². The molecule has 1 fully saturated rings. The van der Waals surface area contributed by atoms with Gasteiger partial charge >= 0.3 is 0 Å². The highest BCUT2D eigenvalue weighted by Crippen LogP contribution is 2.26. The fourth-order valence-electron chi connectivity index (χ4n) is 1.45. The summed E-state index contributed by atoms with van der Waals surface area (Å²) in [6.45, 7) is 0. The van der Waals surface area contributed by atoms with Gasteiger partial charge in [0.2, 0.25) is 0 Å². The highest BCUT2D eigenvalue weighted by atomic mass is 35.5. The van der Waals surface area contributed by atoms with E-state index in [1.807, 2.05) is 0 Å². The summed E-state index contributed by atoms with van der Waals surface area (Å²) in [6, 6.07) is 4.54. The summed E-state index contributed by atoms with van der Waals surface area (Å²) < 4.78 is 12.8. The van der Waals surface area contributed by atoms with Crippen molar-refractivity contribution in [2.24, 2.45) is 0 Å². The molecule has 0 amide bonds. The number of anilines is 1. The highest BCUT2D eigenvalue weighted by Gasteiger charge is 2.28. The summed E-state index contributed by atoms with van der Waals surface area (Å²) in [5.74, 6) is -0.425. The van der Waals surface area contributed by atoms with Crippen LogP contribution in [0.25, 0.3) is 0 Å². The van der Waals surface area contributed by atoms with Gasteiger partial charge in [-0.2, -0.15) is 0 Å². The lowest BCUT2D eigenvalue weighted by molar-refractivity contribution is 0.0786. The average molecular weight is 216 g/mol. The topological polar surface area (TPSA) is 32.3 Å². The van der Waals surface area contributed by atoms with Crippen LogP contribution in [0.15, 0.2) is 18.2 Å². The first-order chi connectivity index (χ1) is 6.66. The summed E-state index contributed by atoms with van der Waals surface area (Å²) in [5.41, 5.74) is 0.750. The van der Waals surface area contributed by atoms with Crippen LogP contribution in [0.3, 0.4) is 0 Å². The molecule has 0 aliphatic heterocycles. The smallest absolute Gasteiger partial charge is 0.141 e. The molecule has 0 bridgehead atoms. The Balaban J connectivity index is 2.06. The Kier molecular flexibility index (Phi) is 2.61. The van der Waals surface area contributed by atoms with Gasteiger partial charge in [0, 0.05) is 5.69 Å². The first-order valence-electron chi connectivity index (χ1n) is 4.56. The summed E-state index contributed by atoms with van der Waals surface area (Å²) in [4.78, 5) is 0. The van der Waals surface area contributed by atoms with Crippen molar-refractivity contribution in [2.45, 2.75) is 25.0 Å². The number of halogens is 2. The summed E-state index contributed by atoms with van der Waals surface area (Å²) in [5, 5.41) is 12.5. The van der Waals surface area contributed by atoms with Crippen molar-refractivity contribution in [3.8, 4) is 0 Å². The number of aliphatic hydroxyl groups is 1. The van der Waals surface area contributed by atoms with Gasteiger partial charge in [-0.1, -0.05) is 11.6 Å². The molecule has 4 heteroatoms. The molecule has 2 N–H and O–H groups in total. The molecule has 0 aromatic heterocycles. The van der Waals surface area contributed by atoms with E-state index < -0.39 is 5.82 Å². The number of benzene rings is 1. The van der Waals surface area contributed by atoms with Crippen molar-refractivity contribution >= 4 is 17.3 Å². The van der Waals surface area contributed by atoms with Crippen molar-refractivity contribution in [2.75, 3.05) is 5.32 Å². The summed E-state index contributed by atoms with van der Waals surface area (Å²) >= 11 is 5.62. The van der Waals surface area contributed by atoms with Crippen LogP contribution in [0.4, 0.5) is 10.1 Å². The fraction of sp³-hybridized carbons (Fsp3) is 0.400. The van der Waals surface area contributed by atoms with E-state index in [-0.39, 0.29) is 17.2 Å². The first-order valence-corrected chi connectivity index (χ1v) is 4.94. The Hall–Kier alpha value is -0.800. The molecular formula is C10H11ClFNO. The number of nitrogens with one attached hydrogen (secondary N) is 1. The minimum atomic E-state index is -0.425. The van der Waals surface area contributed by atoms with E-state index in [1.165, 1.54) is 12.1 Å². The maximum Gasteiger partial charge on any atom is 0.141 e. The third kappa shape index (κ3) is 1.83. The van der Waals surface area contributed by atoms with Crippen molar-refractivity contribution < 1.29 is 9.50 Å². The molecule has 1 aromatic rings. The molecule has 1 saturated carbocycles. The van der Waals surface area contributed by atoms with Gasteiger partial charge in [-0.3, -0.25) is 0 Å². The number of rotatable bonds is 2. The Morgan fingerprint density at radius 3 is 2.71 bits per heavy atom. The standard InChI is InChI=1S/C10H11ClFNO/c11-7-5-6(1-2-8(7)12)13-9-3-4-10(9)14/h1-2,5,9-10,13-14H,3-4H2/t9-,10-/m0/s1. The molecule has 1 aliphatic carbocycles. The predicted octanol–water partition coefficient (Wildman–Crippen LogP) is 2.41. The largest absolute Gasteiger partial charge is 0.391 e. The maximum absolute atomic E-state index is 12.8. The molecule has 0 spiro atoms. The lowest BCUT2D eigenvalue weighted by Crippen LogP contribution is -2.42. The molecule has 0 heterocycles. The lowest BCUT2D eigenvalue weighted by atomic mass is 9.89. The van der Waals surface area contributed by atoms with E-state index in [1.54, 1.807) is 6.07 Å². The molecule has 1 aromatic carbocycles. The summed E-state index contributed by atoms with van der Waals surface area (Å²) in [7, 11) is 0. The van der Waals surface area contributed by atoms with Crippen LogP contribution in [0.2, 0.25) is 5.02 Å². The van der Waals surface area contributed by atoms with Crippen LogP contribution in [0, 0.1) is 5.82 Å². The van der Waals surface area contributed by atoms with Gasteiger partial charge in [-0.25, -0.2) is 4.39 Å². The van der Waals surface area contributed by atoms with Gasteiger partial charge in [0.25, 0.3) is 0 Å². The van der Waals surface area contributed by atoms with Gasteiger partial charge < -0.3 is 10.4 Å². The Morgan fingerprint density at radius 2 is 2.21 bits per heavy atom. The van der Waals surface area contributed by atoms with Crippen LogP contribution in [0.1, 0.15) is 12.8 Å². The van der Waals surface area contributed by atoms with E-state index in [9.17, 15) is 9.50 Å². The van der Waals surface area contributed by atoms with Crippen molar-refractivity contribution in [1.82, 2.24) is 0 Å². The van der Waals surface area contributed by atoms with Crippen molar-refractivity contribution in [3.05, 3.63) is 29.0 Å². The molecule has 0 radical (unpaired) electrons. The van der Waals surface area contributed by atoms with Crippen LogP contribution in [-0.2, 0) is 0 Å². The zero-order chi connectivity index (χ0) is 10.1. The molecule has 0 unspecified atom stereocenters. The molecule has 76 valence electrons. The van der Waals surface area contributed by atoms with Crippen LogP contribution in [0.5, 0.6) is 0 Å². The lowest BCUT2D eigenvalue weighted by Gasteiger charge is -2.33. The zero-order valence-corrected chi connectivity index (χ0v) is 8.26. The first kappa shape index (κ1) is 9.74. The minimum Gasteiger partial charge on any atom is -0.391 e. The van der Waals surface area contributed by atoms with E-state index in [0.29, 0.717) is 0 Å². The SMILES string of the molecule is O[C@H]1CC[C@@H]1Nc1ccc(F)c(Cl)c1. The second-order valence-electron chi connectivity index (χ2n) is 3.52. The fourth-order valence-corrected chi connectivity index (χ4v) is 1.63. The molecular weight excluding hydrogens is 205 g/mol. The Labute approximate surface area is 86.7 Å². The second-order valence-corrected chi connectivity index (χ2v) is 3.93. The van der Waals surface area contributed by atoms with Gasteiger partial charge in [-0.15, -0.1) is 0 Å². The van der Waals surface area contributed by atoms with Crippen LogP contribution in [-0.4, -0.2) is 17.3 Å². The molecule has 1 aliphatic rings. The quantitative estimate of drug-likeness (QED) is 0.794. The monoisotopic (exact) mass is 215 g/mol. The van der Waals surface area contributed by atoms with Gasteiger partial charge in [-0.05, 0) is 31.0 Å². The molecule has 2 nitrogen and oxygen atoms in total. The molecule has 2 rings (SSSR count). The van der Waals surface area contributed by atoms with E-state index in [2.05, 4.69) is 5.32 Å². The van der Waals surface area contributed by atoms with E-state index in [4.69, 9.17) is 11.6 Å². The van der Waals surface area contributed by atoms with E-state index >= 15 is 0 Å². The predicted molar refractivity (Wildman–Crippen MR) is 54.1 cm³/mol. The van der Waals surface area contributed by atoms with Gasteiger partial charge in [0.1, 0.15) is 5.82 Å². The molecule has 2 atom stereocenters. The average Bonchev–Trinajstić information content (AvgIpc) is 2.17. The molecule has 14 heavy (non-hydrogen) atoms. The third-order valence-electron chi connectivity index (χ3n) is 2.51. The summed E-state index contributed by atoms with van der Waals surface area (Å²) in [6.07, 6.45) is 1.47. The number of hydrogen-bond donors (Lipinski definition) is 2.